The Morgan fingerprint density at radius 3 is 2.48 bits per heavy atom. The number of guanidine groups is 1. The predicted molar refractivity (Wildman–Crippen MR) is 115 cm³/mol. The van der Waals surface area contributed by atoms with Crippen LogP contribution in [0.25, 0.3) is 0 Å². The Labute approximate surface area is 168 Å². The second-order valence-electron chi connectivity index (χ2n) is 7.05. The lowest BCUT2D eigenvalue weighted by molar-refractivity contribution is -0.121. The highest BCUT2D eigenvalue weighted by Crippen LogP contribution is 2.21. The number of halogens is 1. The Balaban J connectivity index is 0.00000312. The fourth-order valence-electron chi connectivity index (χ4n) is 2.50. The van der Waals surface area contributed by atoms with E-state index in [1.54, 1.807) is 7.05 Å². The van der Waals surface area contributed by atoms with Crippen molar-refractivity contribution in [1.29, 1.82) is 0 Å². The lowest BCUT2D eigenvalue weighted by atomic mass is 9.85. The Hall–Kier alpha value is -1.31. The zero-order chi connectivity index (χ0) is 17.4. The smallest absolute Gasteiger partial charge is 0.220 e. The van der Waals surface area contributed by atoms with E-state index in [1.165, 1.54) is 5.56 Å². The monoisotopic (exact) mass is 458 g/mol. The van der Waals surface area contributed by atoms with Crippen molar-refractivity contribution in [3.8, 4) is 0 Å². The molecule has 5 nitrogen and oxygen atoms in total. The first-order chi connectivity index (χ1) is 11.5. The van der Waals surface area contributed by atoms with Crippen molar-refractivity contribution in [1.82, 2.24) is 16.0 Å². The number of nitrogens with zero attached hydrogens (tertiary/aromatic N) is 1. The standard InChI is InChI=1S/C19H30N4O.HI/c1-19(2,15-8-5-4-6-9-15)14-22-18(20-3)21-13-7-10-17(24)23-16-11-12-16;/h4-6,8-9,16H,7,10-14H2,1-3H3,(H,23,24)(H2,20,21,22);1H. The van der Waals surface area contributed by atoms with E-state index >= 15 is 0 Å². The topological polar surface area (TPSA) is 65.5 Å². The Bertz CT molecular complexity index is 556. The van der Waals surface area contributed by atoms with Gasteiger partial charge in [0.15, 0.2) is 5.96 Å². The van der Waals surface area contributed by atoms with E-state index in [2.05, 4.69) is 59.1 Å². The number of carbonyl (C=O) groups is 1. The number of rotatable bonds is 8. The van der Waals surface area contributed by atoms with Crippen LogP contribution >= 0.6 is 24.0 Å². The van der Waals surface area contributed by atoms with Crippen LogP contribution in [0, 0.1) is 0 Å². The molecule has 6 heteroatoms. The quantitative estimate of drug-likeness (QED) is 0.243. The third-order valence-electron chi connectivity index (χ3n) is 4.29. The van der Waals surface area contributed by atoms with Gasteiger partial charge in [0.1, 0.15) is 0 Å². The molecule has 2 rings (SSSR count). The number of nitrogens with one attached hydrogen (secondary N) is 3. The molecule has 1 saturated carbocycles. The highest BCUT2D eigenvalue weighted by molar-refractivity contribution is 14.0. The van der Waals surface area contributed by atoms with Gasteiger partial charge in [-0.15, -0.1) is 24.0 Å². The van der Waals surface area contributed by atoms with Gasteiger partial charge in [0.2, 0.25) is 5.91 Å². The fraction of sp³-hybridized carbons (Fsp3) is 0.579. The summed E-state index contributed by atoms with van der Waals surface area (Å²) in [6.45, 7) is 5.96. The highest BCUT2D eigenvalue weighted by atomic mass is 127. The van der Waals surface area contributed by atoms with Crippen molar-refractivity contribution in [3.63, 3.8) is 0 Å². The van der Waals surface area contributed by atoms with Gasteiger partial charge in [0.25, 0.3) is 0 Å². The molecule has 0 radical (unpaired) electrons. The van der Waals surface area contributed by atoms with Crippen LogP contribution < -0.4 is 16.0 Å². The van der Waals surface area contributed by atoms with Gasteiger partial charge in [-0.2, -0.15) is 0 Å². The summed E-state index contributed by atoms with van der Waals surface area (Å²) in [4.78, 5) is 15.9. The largest absolute Gasteiger partial charge is 0.356 e. The van der Waals surface area contributed by atoms with E-state index in [4.69, 9.17) is 0 Å². The first-order valence-corrected chi connectivity index (χ1v) is 8.81. The summed E-state index contributed by atoms with van der Waals surface area (Å²) in [6.07, 6.45) is 3.65. The molecule has 0 saturated heterocycles. The summed E-state index contributed by atoms with van der Waals surface area (Å²) in [7, 11) is 1.77. The number of hydrogen-bond acceptors (Lipinski definition) is 2. The van der Waals surface area contributed by atoms with E-state index in [1.807, 2.05) is 6.07 Å². The third-order valence-corrected chi connectivity index (χ3v) is 4.29. The highest BCUT2D eigenvalue weighted by Gasteiger charge is 2.23. The molecule has 0 spiro atoms. The Morgan fingerprint density at radius 1 is 1.20 bits per heavy atom. The maximum Gasteiger partial charge on any atom is 0.220 e. The minimum absolute atomic E-state index is 0. The van der Waals surface area contributed by atoms with E-state index in [-0.39, 0.29) is 35.3 Å². The molecule has 25 heavy (non-hydrogen) atoms. The maximum atomic E-state index is 11.6. The fourth-order valence-corrected chi connectivity index (χ4v) is 2.50. The summed E-state index contributed by atoms with van der Waals surface area (Å²) in [5, 5.41) is 9.66. The van der Waals surface area contributed by atoms with Crippen LogP contribution in [0.5, 0.6) is 0 Å². The number of benzene rings is 1. The minimum atomic E-state index is 0. The normalized spacial score (nSPS) is 14.4. The molecule has 0 atom stereocenters. The molecule has 140 valence electrons. The van der Waals surface area contributed by atoms with Crippen molar-refractivity contribution in [2.75, 3.05) is 20.1 Å². The lowest BCUT2D eigenvalue weighted by Crippen LogP contribution is -2.43. The zero-order valence-electron chi connectivity index (χ0n) is 15.5. The summed E-state index contributed by atoms with van der Waals surface area (Å²) in [5.74, 6) is 0.939. The number of hydrogen-bond donors (Lipinski definition) is 3. The SMILES string of the molecule is CN=C(NCCCC(=O)NC1CC1)NCC(C)(C)c1ccccc1.I. The summed E-state index contributed by atoms with van der Waals surface area (Å²) in [5.41, 5.74) is 1.31. The molecule has 1 amide bonds. The van der Waals surface area contributed by atoms with E-state index in [9.17, 15) is 4.79 Å². The molecular weight excluding hydrogens is 427 g/mol. The van der Waals surface area contributed by atoms with Crippen molar-refractivity contribution in [3.05, 3.63) is 35.9 Å². The van der Waals surface area contributed by atoms with Gasteiger partial charge in [-0.25, -0.2) is 0 Å². The summed E-state index contributed by atoms with van der Waals surface area (Å²) < 4.78 is 0. The molecule has 1 aliphatic rings. The Kier molecular flexibility index (Phi) is 9.24. The van der Waals surface area contributed by atoms with Crippen molar-refractivity contribution >= 4 is 35.8 Å². The van der Waals surface area contributed by atoms with Crippen molar-refractivity contribution in [2.45, 2.75) is 51.0 Å². The van der Waals surface area contributed by atoms with Gasteiger partial charge < -0.3 is 16.0 Å². The lowest BCUT2D eigenvalue weighted by Gasteiger charge is -2.26. The van der Waals surface area contributed by atoms with Crippen LogP contribution in [0.2, 0.25) is 0 Å². The molecule has 0 aliphatic heterocycles. The van der Waals surface area contributed by atoms with Crippen molar-refractivity contribution < 1.29 is 4.79 Å². The maximum absolute atomic E-state index is 11.6. The minimum Gasteiger partial charge on any atom is -0.356 e. The molecule has 0 bridgehead atoms. The summed E-state index contributed by atoms with van der Waals surface area (Å²) in [6, 6.07) is 10.9. The number of amides is 1. The zero-order valence-corrected chi connectivity index (χ0v) is 17.8. The van der Waals surface area contributed by atoms with Gasteiger partial charge in [-0.05, 0) is 24.8 Å². The third kappa shape index (κ3) is 8.07. The average molecular weight is 458 g/mol. The number of carbonyl (C=O) groups excluding carboxylic acids is 1. The van der Waals surface area contributed by atoms with Crippen LogP contribution in [0.15, 0.2) is 35.3 Å². The summed E-state index contributed by atoms with van der Waals surface area (Å²) >= 11 is 0. The second-order valence-corrected chi connectivity index (χ2v) is 7.05. The van der Waals surface area contributed by atoms with E-state index < -0.39 is 0 Å². The van der Waals surface area contributed by atoms with Crippen LogP contribution in [-0.4, -0.2) is 38.0 Å². The molecule has 0 heterocycles. The molecule has 0 aromatic heterocycles. The van der Waals surface area contributed by atoms with Crippen LogP contribution in [0.1, 0.15) is 45.1 Å². The molecule has 1 aromatic carbocycles. The van der Waals surface area contributed by atoms with Crippen molar-refractivity contribution in [2.24, 2.45) is 4.99 Å². The molecule has 1 aliphatic carbocycles. The predicted octanol–water partition coefficient (Wildman–Crippen LogP) is 2.81. The van der Waals surface area contributed by atoms with E-state index in [0.29, 0.717) is 12.5 Å². The molecule has 0 unspecified atom stereocenters. The van der Waals surface area contributed by atoms with E-state index in [0.717, 1.165) is 38.3 Å². The van der Waals surface area contributed by atoms with Gasteiger partial charge >= 0.3 is 0 Å². The Morgan fingerprint density at radius 2 is 1.88 bits per heavy atom. The molecule has 1 aromatic rings. The molecule has 3 N–H and O–H groups in total. The first-order valence-electron chi connectivity index (χ1n) is 8.81. The number of aliphatic imine (C=N–C) groups is 1. The second kappa shape index (κ2) is 10.6. The van der Waals surface area contributed by atoms with Gasteiger partial charge in [0.05, 0.1) is 0 Å². The van der Waals surface area contributed by atoms with Crippen LogP contribution in [0.3, 0.4) is 0 Å². The van der Waals surface area contributed by atoms with Gasteiger partial charge in [-0.3, -0.25) is 9.79 Å². The average Bonchev–Trinajstić information content (AvgIpc) is 3.39. The van der Waals surface area contributed by atoms with Crippen LogP contribution in [0.4, 0.5) is 0 Å². The molecular formula is C19H31IN4O. The van der Waals surface area contributed by atoms with Gasteiger partial charge in [-0.1, -0.05) is 44.2 Å². The van der Waals surface area contributed by atoms with Crippen LogP contribution in [-0.2, 0) is 10.2 Å². The first kappa shape index (κ1) is 21.7. The molecule has 1 fully saturated rings. The van der Waals surface area contributed by atoms with Gasteiger partial charge in [0, 0.05) is 38.0 Å².